The molecule has 102 valence electrons. The average molecular weight is 323 g/mol. The van der Waals surface area contributed by atoms with E-state index in [1.54, 1.807) is 0 Å². The molecule has 1 aromatic rings. The number of halogens is 1. The molecule has 0 radical (unpaired) electrons. The van der Waals surface area contributed by atoms with Gasteiger partial charge in [0.05, 0.1) is 0 Å². The molecule has 1 N–H and O–H groups in total. The van der Waals surface area contributed by atoms with Gasteiger partial charge in [-0.05, 0) is 54.6 Å². The van der Waals surface area contributed by atoms with Crippen LogP contribution in [0.5, 0.6) is 0 Å². The number of nitrogens with one attached hydrogen (secondary N) is 1. The first kappa shape index (κ1) is 12.1. The van der Waals surface area contributed by atoms with Crippen LogP contribution in [-0.2, 0) is 0 Å². The molecule has 3 heterocycles. The molecule has 1 saturated carbocycles. The van der Waals surface area contributed by atoms with Crippen molar-refractivity contribution in [3.8, 4) is 0 Å². The number of fused-ring (bicyclic) bond motifs is 1. The van der Waals surface area contributed by atoms with Gasteiger partial charge in [-0.15, -0.1) is 0 Å². The molecule has 0 spiro atoms. The maximum Gasteiger partial charge on any atom is 0.135 e. The van der Waals surface area contributed by atoms with Crippen molar-refractivity contribution in [2.75, 3.05) is 18.4 Å². The topological polar surface area (TPSA) is 41.0 Å². The van der Waals surface area contributed by atoms with E-state index in [2.05, 4.69) is 31.1 Å². The van der Waals surface area contributed by atoms with Crippen molar-refractivity contribution in [3.63, 3.8) is 0 Å². The van der Waals surface area contributed by atoms with E-state index in [4.69, 9.17) is 4.98 Å². The zero-order chi connectivity index (χ0) is 12.8. The van der Waals surface area contributed by atoms with Gasteiger partial charge in [0.1, 0.15) is 16.2 Å². The van der Waals surface area contributed by atoms with E-state index in [1.807, 2.05) is 6.07 Å². The molecule has 0 amide bonds. The molecule has 1 aliphatic carbocycles. The van der Waals surface area contributed by atoms with Crippen LogP contribution in [0.15, 0.2) is 10.7 Å². The van der Waals surface area contributed by atoms with E-state index in [0.717, 1.165) is 22.3 Å². The third kappa shape index (κ3) is 2.38. The molecule has 1 aromatic heterocycles. The zero-order valence-corrected chi connectivity index (χ0v) is 12.6. The first-order valence-corrected chi connectivity index (χ1v) is 8.14. The molecule has 4 nitrogen and oxygen atoms in total. The first-order chi connectivity index (χ1) is 9.29. The summed E-state index contributed by atoms with van der Waals surface area (Å²) in [5, 5.41) is 3.65. The lowest BCUT2D eigenvalue weighted by Crippen LogP contribution is -2.34. The molecule has 3 aliphatic rings. The second-order valence-electron chi connectivity index (χ2n) is 5.99. The van der Waals surface area contributed by atoms with E-state index in [1.165, 1.54) is 45.2 Å². The van der Waals surface area contributed by atoms with Crippen molar-refractivity contribution in [2.45, 2.75) is 50.1 Å². The molecular weight excluding hydrogens is 304 g/mol. The molecule has 0 bridgehead atoms. The van der Waals surface area contributed by atoms with Gasteiger partial charge in [0.2, 0.25) is 0 Å². The van der Waals surface area contributed by atoms with Crippen LogP contribution in [0, 0.1) is 0 Å². The molecule has 3 fully saturated rings. The van der Waals surface area contributed by atoms with Gasteiger partial charge >= 0.3 is 0 Å². The van der Waals surface area contributed by atoms with Gasteiger partial charge in [0.15, 0.2) is 0 Å². The second-order valence-corrected chi connectivity index (χ2v) is 6.81. The van der Waals surface area contributed by atoms with Gasteiger partial charge in [-0.1, -0.05) is 0 Å². The highest BCUT2D eigenvalue weighted by atomic mass is 79.9. The third-order valence-electron chi connectivity index (χ3n) is 4.59. The fraction of sp³-hybridized carbons (Fsp3) is 0.714. The Kier molecular flexibility index (Phi) is 2.99. The lowest BCUT2D eigenvalue weighted by atomic mass is 10.1. The van der Waals surface area contributed by atoms with Crippen molar-refractivity contribution < 1.29 is 0 Å². The summed E-state index contributed by atoms with van der Waals surface area (Å²) in [6, 6.07) is 3.30. The highest BCUT2D eigenvalue weighted by Crippen LogP contribution is 2.39. The summed E-state index contributed by atoms with van der Waals surface area (Å²) in [6.07, 6.45) is 6.42. The quantitative estimate of drug-likeness (QED) is 0.869. The standard InChI is InChI=1S/C14H19BrN4/c15-12-8-13(18-14(17-12)9-3-4-9)16-10-5-7-19-6-1-2-11(10)19/h8-11H,1-7H2,(H,16,17,18). The fourth-order valence-corrected chi connectivity index (χ4v) is 3.87. The van der Waals surface area contributed by atoms with Gasteiger partial charge in [0.25, 0.3) is 0 Å². The summed E-state index contributed by atoms with van der Waals surface area (Å²) in [7, 11) is 0. The minimum Gasteiger partial charge on any atom is -0.366 e. The molecule has 4 rings (SSSR count). The van der Waals surface area contributed by atoms with Gasteiger partial charge in [0, 0.05) is 30.6 Å². The molecule has 2 atom stereocenters. The Bertz CT molecular complexity index is 488. The lowest BCUT2D eigenvalue weighted by Gasteiger charge is -2.22. The fourth-order valence-electron chi connectivity index (χ4n) is 3.47. The number of rotatable bonds is 3. The van der Waals surface area contributed by atoms with Crippen LogP contribution in [0.3, 0.4) is 0 Å². The van der Waals surface area contributed by atoms with Crippen molar-refractivity contribution in [3.05, 3.63) is 16.5 Å². The predicted octanol–water partition coefficient (Wildman–Crippen LogP) is 2.77. The van der Waals surface area contributed by atoms with Crippen LogP contribution in [0.2, 0.25) is 0 Å². The lowest BCUT2D eigenvalue weighted by molar-refractivity contribution is 0.318. The molecule has 2 aliphatic heterocycles. The smallest absolute Gasteiger partial charge is 0.135 e. The summed E-state index contributed by atoms with van der Waals surface area (Å²) < 4.78 is 0.910. The molecular formula is C14H19BrN4. The van der Waals surface area contributed by atoms with Crippen molar-refractivity contribution in [2.24, 2.45) is 0 Å². The SMILES string of the molecule is Brc1cc(NC2CCN3CCCC23)nc(C2CC2)n1. The highest BCUT2D eigenvalue weighted by Gasteiger charge is 2.37. The van der Waals surface area contributed by atoms with Crippen LogP contribution in [-0.4, -0.2) is 40.0 Å². The van der Waals surface area contributed by atoms with Crippen LogP contribution in [0.25, 0.3) is 0 Å². The van der Waals surface area contributed by atoms with Crippen LogP contribution < -0.4 is 5.32 Å². The largest absolute Gasteiger partial charge is 0.366 e. The van der Waals surface area contributed by atoms with E-state index in [0.29, 0.717) is 12.0 Å². The molecule has 2 unspecified atom stereocenters. The Morgan fingerprint density at radius 1 is 1.16 bits per heavy atom. The molecule has 19 heavy (non-hydrogen) atoms. The van der Waals surface area contributed by atoms with Gasteiger partial charge in [-0.2, -0.15) is 0 Å². The molecule has 5 heteroatoms. The summed E-state index contributed by atoms with van der Waals surface area (Å²) in [6.45, 7) is 2.52. The van der Waals surface area contributed by atoms with Gasteiger partial charge < -0.3 is 5.32 Å². The Morgan fingerprint density at radius 3 is 2.89 bits per heavy atom. The number of aromatic nitrogens is 2. The van der Waals surface area contributed by atoms with Crippen molar-refractivity contribution in [1.29, 1.82) is 0 Å². The van der Waals surface area contributed by atoms with Gasteiger partial charge in [-0.25, -0.2) is 9.97 Å². The summed E-state index contributed by atoms with van der Waals surface area (Å²) in [5.41, 5.74) is 0. The van der Waals surface area contributed by atoms with E-state index < -0.39 is 0 Å². The van der Waals surface area contributed by atoms with E-state index in [-0.39, 0.29) is 0 Å². The minimum absolute atomic E-state index is 0.566. The van der Waals surface area contributed by atoms with Crippen molar-refractivity contribution in [1.82, 2.24) is 14.9 Å². The normalized spacial score (nSPS) is 30.6. The van der Waals surface area contributed by atoms with Crippen LogP contribution in [0.4, 0.5) is 5.82 Å². The number of hydrogen-bond acceptors (Lipinski definition) is 4. The average Bonchev–Trinajstić information content (AvgIpc) is 3.02. The summed E-state index contributed by atoms with van der Waals surface area (Å²) >= 11 is 3.51. The zero-order valence-electron chi connectivity index (χ0n) is 11.0. The Labute approximate surface area is 122 Å². The second kappa shape index (κ2) is 4.70. The Morgan fingerprint density at radius 2 is 2.05 bits per heavy atom. The van der Waals surface area contributed by atoms with Gasteiger partial charge in [-0.3, -0.25) is 4.90 Å². The number of nitrogens with zero attached hydrogens (tertiary/aromatic N) is 3. The maximum absolute atomic E-state index is 4.70. The summed E-state index contributed by atoms with van der Waals surface area (Å²) in [4.78, 5) is 11.8. The monoisotopic (exact) mass is 322 g/mol. The third-order valence-corrected chi connectivity index (χ3v) is 5.00. The van der Waals surface area contributed by atoms with E-state index in [9.17, 15) is 0 Å². The minimum atomic E-state index is 0.566. The maximum atomic E-state index is 4.70. The highest BCUT2D eigenvalue weighted by molar-refractivity contribution is 9.10. The Hall–Kier alpha value is -0.680. The molecule has 0 aromatic carbocycles. The van der Waals surface area contributed by atoms with Crippen LogP contribution in [0.1, 0.15) is 43.8 Å². The van der Waals surface area contributed by atoms with Crippen LogP contribution >= 0.6 is 15.9 Å². The predicted molar refractivity (Wildman–Crippen MR) is 78.3 cm³/mol. The molecule has 2 saturated heterocycles. The van der Waals surface area contributed by atoms with E-state index >= 15 is 0 Å². The Balaban J connectivity index is 1.52. The number of hydrogen-bond donors (Lipinski definition) is 1. The summed E-state index contributed by atoms with van der Waals surface area (Å²) in [5.74, 6) is 2.62. The number of anilines is 1. The first-order valence-electron chi connectivity index (χ1n) is 7.35. The van der Waals surface area contributed by atoms with Crippen molar-refractivity contribution >= 4 is 21.7 Å².